The van der Waals surface area contributed by atoms with Crippen molar-refractivity contribution in [2.24, 2.45) is 0 Å². The molecule has 0 N–H and O–H groups in total. The number of hydrogen-bond donors (Lipinski definition) is 0. The molecule has 0 saturated heterocycles. The third-order valence-corrected chi connectivity index (χ3v) is 9.43. The molecule has 0 aliphatic rings. The minimum absolute atomic E-state index is 0.0150. The van der Waals surface area contributed by atoms with Crippen molar-refractivity contribution in [1.82, 2.24) is 0 Å². The summed E-state index contributed by atoms with van der Waals surface area (Å²) in [6, 6.07) is 15.3. The van der Waals surface area contributed by atoms with E-state index in [1.54, 1.807) is 12.1 Å². The molecule has 0 aliphatic heterocycles. The van der Waals surface area contributed by atoms with Crippen LogP contribution in [-0.4, -0.2) is 0 Å². The predicted octanol–water partition coefficient (Wildman–Crippen LogP) is 14.6. The first-order valence-electron chi connectivity index (χ1n) is 19.2. The van der Waals surface area contributed by atoms with E-state index >= 15 is 0 Å². The van der Waals surface area contributed by atoms with Gasteiger partial charge < -0.3 is 9.47 Å². The van der Waals surface area contributed by atoms with Crippen LogP contribution >= 0.6 is 0 Å². The fourth-order valence-corrected chi connectivity index (χ4v) is 6.26. The van der Waals surface area contributed by atoms with E-state index in [9.17, 15) is 52.7 Å². The molecule has 0 aromatic heterocycles. The molecule has 0 amide bonds. The first kappa shape index (κ1) is 46.2. The van der Waals surface area contributed by atoms with E-state index in [0.717, 1.165) is 67.5 Å². The molecule has 0 aliphatic carbocycles. The van der Waals surface area contributed by atoms with Crippen molar-refractivity contribution in [2.75, 3.05) is 0 Å². The third kappa shape index (κ3) is 11.9. The molecule has 0 atom stereocenters. The number of benzene rings is 6. The van der Waals surface area contributed by atoms with Gasteiger partial charge in [0.05, 0.1) is 0 Å². The van der Waals surface area contributed by atoms with Gasteiger partial charge in [0.15, 0.2) is 69.7 Å². The van der Waals surface area contributed by atoms with Gasteiger partial charge in [-0.1, -0.05) is 57.4 Å². The number of halogens is 12. The number of aryl methyl sites for hydroxylation is 2. The Morgan fingerprint density at radius 1 is 0.344 bits per heavy atom. The smallest absolute Gasteiger partial charge is 0.194 e. The topological polar surface area (TPSA) is 18.5 Å². The Balaban J connectivity index is 0.000000231. The second-order valence-electron chi connectivity index (χ2n) is 14.1. The van der Waals surface area contributed by atoms with Crippen LogP contribution in [-0.2, 0) is 26.1 Å². The highest BCUT2D eigenvalue weighted by Crippen LogP contribution is 2.33. The Kier molecular flexibility index (Phi) is 15.9. The Morgan fingerprint density at radius 3 is 1.00 bits per heavy atom. The van der Waals surface area contributed by atoms with Crippen LogP contribution in [0.5, 0.6) is 11.5 Å². The van der Waals surface area contributed by atoms with Gasteiger partial charge in [-0.05, 0) is 120 Å². The van der Waals surface area contributed by atoms with Gasteiger partial charge in [-0.2, -0.15) is 0 Å². The van der Waals surface area contributed by atoms with E-state index in [1.807, 2.05) is 6.92 Å². The SMILES string of the molecule is CCCCCc1ccc(-c2cc(F)c(OCc3cc(F)c(F)c(F)c3)c(F)c2)c(F)c1.CCCCc1ccc(-c2cc(F)c(OCc3cc(F)c(F)c(F)c3)c(F)c2)c(F)c1. The molecule has 0 spiro atoms. The molecule has 0 unspecified atom stereocenters. The maximum absolute atomic E-state index is 14.5. The van der Waals surface area contributed by atoms with Crippen LogP contribution < -0.4 is 9.47 Å². The standard InChI is InChI=1S/C24H20F6O.C23H18F6O/c1-2-3-4-5-14-6-7-17(18(25)8-14)16-11-21(28)24(22(29)12-16)31-13-15-9-19(26)23(30)20(27)10-15;1-2-3-4-13-5-6-16(17(24)7-13)15-10-20(27)23(21(28)11-15)30-12-14-8-18(25)22(29)19(26)9-14/h6-12H,2-5,13H2,1H3;5-11H,2-4,12H2,1H3. The average Bonchev–Trinajstić information content (AvgIpc) is 3.20. The Labute approximate surface area is 344 Å². The maximum atomic E-state index is 14.5. The normalized spacial score (nSPS) is 11.0. The fourth-order valence-electron chi connectivity index (χ4n) is 6.26. The van der Waals surface area contributed by atoms with Crippen LogP contribution in [0.3, 0.4) is 0 Å². The lowest BCUT2D eigenvalue weighted by Gasteiger charge is -2.12. The minimum Gasteiger partial charge on any atom is -0.483 e. The first-order valence-corrected chi connectivity index (χ1v) is 19.2. The first-order chi connectivity index (χ1) is 29.1. The van der Waals surface area contributed by atoms with Gasteiger partial charge >= 0.3 is 0 Å². The third-order valence-electron chi connectivity index (χ3n) is 9.43. The molecule has 6 aromatic rings. The molecular weight excluding hydrogens is 824 g/mol. The number of ether oxygens (including phenoxy) is 2. The van der Waals surface area contributed by atoms with Gasteiger partial charge in [-0.3, -0.25) is 0 Å². The van der Waals surface area contributed by atoms with Gasteiger partial charge in [0.25, 0.3) is 0 Å². The molecule has 61 heavy (non-hydrogen) atoms. The van der Waals surface area contributed by atoms with Crippen LogP contribution in [0.4, 0.5) is 52.7 Å². The van der Waals surface area contributed by atoms with Crippen molar-refractivity contribution in [3.05, 3.63) is 177 Å². The van der Waals surface area contributed by atoms with Crippen LogP contribution in [0.15, 0.2) is 84.9 Å². The second kappa shape index (κ2) is 21.0. The van der Waals surface area contributed by atoms with Gasteiger partial charge in [0.2, 0.25) is 0 Å². The summed E-state index contributed by atoms with van der Waals surface area (Å²) in [6.07, 6.45) is 6.26. The number of unbranched alkanes of at least 4 members (excludes halogenated alkanes) is 3. The summed E-state index contributed by atoms with van der Waals surface area (Å²) < 4.78 is 176. The summed E-state index contributed by atoms with van der Waals surface area (Å²) in [5.74, 6) is -16.3. The zero-order chi connectivity index (χ0) is 44.4. The summed E-state index contributed by atoms with van der Waals surface area (Å²) >= 11 is 0. The lowest BCUT2D eigenvalue weighted by Crippen LogP contribution is -2.03. The average molecular weight is 863 g/mol. The van der Waals surface area contributed by atoms with Crippen LogP contribution in [0.2, 0.25) is 0 Å². The number of rotatable bonds is 15. The van der Waals surface area contributed by atoms with Crippen molar-refractivity contribution >= 4 is 0 Å². The Morgan fingerprint density at radius 2 is 0.672 bits per heavy atom. The second-order valence-corrected chi connectivity index (χ2v) is 14.1. The Hall–Kier alpha value is -5.92. The van der Waals surface area contributed by atoms with Gasteiger partial charge in [-0.15, -0.1) is 0 Å². The van der Waals surface area contributed by atoms with Crippen LogP contribution in [0, 0.1) is 69.8 Å². The van der Waals surface area contributed by atoms with E-state index in [0.29, 0.717) is 37.1 Å². The molecule has 0 heterocycles. The highest BCUT2D eigenvalue weighted by Gasteiger charge is 2.19. The molecule has 0 radical (unpaired) electrons. The zero-order valence-corrected chi connectivity index (χ0v) is 32.8. The van der Waals surface area contributed by atoms with E-state index in [1.165, 1.54) is 24.3 Å². The fraction of sp³-hybridized carbons (Fsp3) is 0.234. The van der Waals surface area contributed by atoms with E-state index in [2.05, 4.69) is 6.92 Å². The molecule has 6 rings (SSSR count). The van der Waals surface area contributed by atoms with Gasteiger partial charge in [0, 0.05) is 11.1 Å². The maximum Gasteiger partial charge on any atom is 0.194 e. The van der Waals surface area contributed by atoms with Crippen molar-refractivity contribution in [2.45, 2.75) is 72.0 Å². The zero-order valence-electron chi connectivity index (χ0n) is 32.8. The largest absolute Gasteiger partial charge is 0.483 e. The quantitative estimate of drug-likeness (QED) is 0.0582. The van der Waals surface area contributed by atoms with Crippen molar-refractivity contribution in [1.29, 1.82) is 0 Å². The lowest BCUT2D eigenvalue weighted by atomic mass is 10.00. The molecular formula is C47H38F12O2. The van der Waals surface area contributed by atoms with Gasteiger partial charge in [0.1, 0.15) is 24.8 Å². The highest BCUT2D eigenvalue weighted by atomic mass is 19.2. The summed E-state index contributed by atoms with van der Waals surface area (Å²) in [5.41, 5.74) is 1.32. The Bertz CT molecular complexity index is 2390. The van der Waals surface area contributed by atoms with E-state index in [-0.39, 0.29) is 33.4 Å². The monoisotopic (exact) mass is 862 g/mol. The summed E-state index contributed by atoms with van der Waals surface area (Å²) in [7, 11) is 0. The summed E-state index contributed by atoms with van der Waals surface area (Å²) in [4.78, 5) is 0. The van der Waals surface area contributed by atoms with Crippen molar-refractivity contribution in [3.63, 3.8) is 0 Å². The minimum atomic E-state index is -1.65. The molecule has 0 fully saturated rings. The molecule has 6 aromatic carbocycles. The van der Waals surface area contributed by atoms with Crippen LogP contribution in [0.1, 0.15) is 68.2 Å². The summed E-state index contributed by atoms with van der Waals surface area (Å²) in [6.45, 7) is 2.89. The van der Waals surface area contributed by atoms with Crippen molar-refractivity contribution in [3.8, 4) is 33.8 Å². The van der Waals surface area contributed by atoms with Crippen molar-refractivity contribution < 1.29 is 62.2 Å². The van der Waals surface area contributed by atoms with Gasteiger partial charge in [-0.25, -0.2) is 52.7 Å². The van der Waals surface area contributed by atoms with E-state index < -0.39 is 94.5 Å². The lowest BCUT2D eigenvalue weighted by molar-refractivity contribution is 0.272. The number of hydrogen-bond acceptors (Lipinski definition) is 2. The summed E-state index contributed by atoms with van der Waals surface area (Å²) in [5, 5.41) is 0. The predicted molar refractivity (Wildman–Crippen MR) is 207 cm³/mol. The highest BCUT2D eigenvalue weighted by molar-refractivity contribution is 5.67. The molecule has 322 valence electrons. The molecule has 2 nitrogen and oxygen atoms in total. The van der Waals surface area contributed by atoms with E-state index in [4.69, 9.17) is 9.47 Å². The van der Waals surface area contributed by atoms with Crippen LogP contribution in [0.25, 0.3) is 22.3 Å². The molecule has 0 saturated carbocycles. The molecule has 0 bridgehead atoms. The molecule has 14 heteroatoms.